The molecular weight excluding hydrogens is 181 g/mol. The molecule has 0 fully saturated rings. The molecule has 0 unspecified atom stereocenters. The van der Waals surface area contributed by atoms with Gasteiger partial charge in [-0.1, -0.05) is 13.0 Å². The van der Waals surface area contributed by atoms with Gasteiger partial charge in [0.2, 0.25) is 0 Å². The van der Waals surface area contributed by atoms with Crippen LogP contribution >= 0.6 is 0 Å². The number of hydrogen-bond donors (Lipinski definition) is 1. The van der Waals surface area contributed by atoms with Crippen molar-refractivity contribution in [3.63, 3.8) is 0 Å². The number of rotatable bonds is 3. The summed E-state index contributed by atoms with van der Waals surface area (Å²) in [6.07, 6.45) is 2.00. The van der Waals surface area contributed by atoms with Crippen molar-refractivity contribution in [2.75, 3.05) is 0 Å². The lowest BCUT2D eigenvalue weighted by Gasteiger charge is -1.92. The third-order valence-corrected chi connectivity index (χ3v) is 1.60. The second-order valence-corrected chi connectivity index (χ2v) is 2.70. The first-order valence-electron chi connectivity index (χ1n) is 4.32. The van der Waals surface area contributed by atoms with E-state index in [0.29, 0.717) is 17.9 Å². The van der Waals surface area contributed by atoms with Crippen molar-refractivity contribution in [1.82, 2.24) is 0 Å². The third-order valence-electron chi connectivity index (χ3n) is 1.60. The minimum absolute atomic E-state index is 0.313. The molecule has 0 saturated carbocycles. The highest BCUT2D eigenvalue weighted by Crippen LogP contribution is 2.11. The van der Waals surface area contributed by atoms with Gasteiger partial charge in [0.25, 0.3) is 0 Å². The second kappa shape index (κ2) is 5.11. The molecule has 0 atom stereocenters. The Bertz CT molecular complexity index is 358. The van der Waals surface area contributed by atoms with Crippen LogP contribution in [0.1, 0.15) is 13.3 Å². The highest BCUT2D eigenvalue weighted by Gasteiger charge is 1.90. The molecule has 1 aromatic carbocycles. The topological polar surface area (TPSA) is 50.7 Å². The normalized spacial score (nSPS) is 12.3. The second-order valence-electron chi connectivity index (χ2n) is 2.70. The lowest BCUT2D eigenvalue weighted by molar-refractivity contribution is 0.628. The van der Waals surface area contributed by atoms with Gasteiger partial charge in [-0.25, -0.2) is 14.4 Å². The van der Waals surface area contributed by atoms with Gasteiger partial charge >= 0.3 is 0 Å². The number of halogens is 1. The van der Waals surface area contributed by atoms with Crippen LogP contribution in [-0.4, -0.2) is 12.2 Å². The zero-order valence-corrected chi connectivity index (χ0v) is 7.94. The van der Waals surface area contributed by atoms with Gasteiger partial charge < -0.3 is 5.73 Å². The first kappa shape index (κ1) is 10.4. The molecule has 0 bridgehead atoms. The Balaban J connectivity index is 2.69. The van der Waals surface area contributed by atoms with Gasteiger partial charge in [-0.2, -0.15) is 0 Å². The standard InChI is InChI=1S/C10H12FN3/c1-2-10(12)14-7-13-9-5-3-4-8(11)6-9/h3-7H,2H2,1H3,(H2,12,13,14). The van der Waals surface area contributed by atoms with Crippen molar-refractivity contribution in [3.05, 3.63) is 30.1 Å². The van der Waals surface area contributed by atoms with E-state index in [9.17, 15) is 4.39 Å². The molecule has 0 aliphatic carbocycles. The quantitative estimate of drug-likeness (QED) is 0.581. The van der Waals surface area contributed by atoms with Crippen molar-refractivity contribution in [2.24, 2.45) is 15.7 Å². The van der Waals surface area contributed by atoms with E-state index >= 15 is 0 Å². The molecule has 0 heterocycles. The van der Waals surface area contributed by atoms with Gasteiger partial charge in [-0.3, -0.25) is 0 Å². The van der Waals surface area contributed by atoms with E-state index < -0.39 is 0 Å². The Morgan fingerprint density at radius 3 is 3.00 bits per heavy atom. The lowest BCUT2D eigenvalue weighted by atomic mass is 10.3. The van der Waals surface area contributed by atoms with Crippen LogP contribution in [0.25, 0.3) is 0 Å². The molecule has 3 nitrogen and oxygen atoms in total. The van der Waals surface area contributed by atoms with E-state index in [4.69, 9.17) is 5.73 Å². The van der Waals surface area contributed by atoms with Crippen LogP contribution in [0.2, 0.25) is 0 Å². The minimum Gasteiger partial charge on any atom is -0.387 e. The SMILES string of the molecule is CCC(N)=NC=Nc1cccc(F)c1. The summed E-state index contributed by atoms with van der Waals surface area (Å²) in [6, 6.07) is 5.98. The largest absolute Gasteiger partial charge is 0.387 e. The van der Waals surface area contributed by atoms with Crippen LogP contribution in [0.15, 0.2) is 34.3 Å². The van der Waals surface area contributed by atoms with Crippen LogP contribution in [0, 0.1) is 5.82 Å². The van der Waals surface area contributed by atoms with Crippen molar-refractivity contribution in [1.29, 1.82) is 0 Å². The first-order chi connectivity index (χ1) is 6.72. The summed E-state index contributed by atoms with van der Waals surface area (Å²) in [7, 11) is 0. The molecule has 1 aromatic rings. The Morgan fingerprint density at radius 1 is 1.57 bits per heavy atom. The number of aliphatic imine (C=N–C) groups is 2. The molecular formula is C10H12FN3. The summed E-state index contributed by atoms with van der Waals surface area (Å²) in [5.74, 6) is 0.192. The zero-order valence-electron chi connectivity index (χ0n) is 7.94. The van der Waals surface area contributed by atoms with Gasteiger partial charge in [0.1, 0.15) is 18.0 Å². The molecule has 4 heteroatoms. The summed E-state index contributed by atoms with van der Waals surface area (Å²) >= 11 is 0. The molecule has 0 amide bonds. The zero-order chi connectivity index (χ0) is 10.4. The monoisotopic (exact) mass is 193 g/mol. The van der Waals surface area contributed by atoms with E-state index in [1.54, 1.807) is 12.1 Å². The summed E-state index contributed by atoms with van der Waals surface area (Å²) < 4.78 is 12.7. The maximum absolute atomic E-state index is 12.7. The van der Waals surface area contributed by atoms with Gasteiger partial charge in [0, 0.05) is 6.42 Å². The molecule has 2 N–H and O–H groups in total. The van der Waals surface area contributed by atoms with Gasteiger partial charge in [-0.15, -0.1) is 0 Å². The Morgan fingerprint density at radius 2 is 2.36 bits per heavy atom. The lowest BCUT2D eigenvalue weighted by Crippen LogP contribution is -2.09. The van der Waals surface area contributed by atoms with Gasteiger partial charge in [-0.05, 0) is 18.2 Å². The summed E-state index contributed by atoms with van der Waals surface area (Å²) in [6.45, 7) is 1.90. The fraction of sp³-hybridized carbons (Fsp3) is 0.200. The van der Waals surface area contributed by atoms with Crippen molar-refractivity contribution >= 4 is 17.9 Å². The Kier molecular flexibility index (Phi) is 3.79. The van der Waals surface area contributed by atoms with Gasteiger partial charge in [0.15, 0.2) is 0 Å². The average molecular weight is 193 g/mol. The Labute approximate surface area is 82.2 Å². The number of hydrogen-bond acceptors (Lipinski definition) is 1. The highest BCUT2D eigenvalue weighted by atomic mass is 19.1. The van der Waals surface area contributed by atoms with E-state index in [0.717, 1.165) is 0 Å². The minimum atomic E-state index is -0.313. The summed E-state index contributed by atoms with van der Waals surface area (Å²) in [5, 5.41) is 0. The smallest absolute Gasteiger partial charge is 0.125 e. The predicted molar refractivity (Wildman–Crippen MR) is 56.5 cm³/mol. The number of nitrogens with zero attached hydrogens (tertiary/aromatic N) is 2. The van der Waals surface area contributed by atoms with E-state index in [-0.39, 0.29) is 5.82 Å². The average Bonchev–Trinajstić information content (AvgIpc) is 2.17. The third kappa shape index (κ3) is 3.35. The van der Waals surface area contributed by atoms with Crippen LogP contribution in [0.4, 0.5) is 10.1 Å². The molecule has 0 saturated heterocycles. The molecule has 0 radical (unpaired) electrons. The molecule has 0 aromatic heterocycles. The maximum atomic E-state index is 12.7. The van der Waals surface area contributed by atoms with Crippen LogP contribution in [-0.2, 0) is 0 Å². The van der Waals surface area contributed by atoms with Crippen molar-refractivity contribution in [3.8, 4) is 0 Å². The molecule has 0 aliphatic rings. The first-order valence-corrected chi connectivity index (χ1v) is 4.32. The van der Waals surface area contributed by atoms with E-state index in [2.05, 4.69) is 9.98 Å². The molecule has 1 rings (SSSR count). The molecule has 14 heavy (non-hydrogen) atoms. The summed E-state index contributed by atoms with van der Waals surface area (Å²) in [4.78, 5) is 7.77. The number of amidine groups is 1. The van der Waals surface area contributed by atoms with E-state index in [1.165, 1.54) is 18.5 Å². The van der Waals surface area contributed by atoms with Crippen molar-refractivity contribution in [2.45, 2.75) is 13.3 Å². The summed E-state index contributed by atoms with van der Waals surface area (Å²) in [5.41, 5.74) is 5.98. The number of nitrogens with two attached hydrogens (primary N) is 1. The number of benzene rings is 1. The van der Waals surface area contributed by atoms with E-state index in [1.807, 2.05) is 6.92 Å². The predicted octanol–water partition coefficient (Wildman–Crippen LogP) is 2.25. The highest BCUT2D eigenvalue weighted by molar-refractivity contribution is 5.87. The Hall–Kier alpha value is -1.71. The van der Waals surface area contributed by atoms with Gasteiger partial charge in [0.05, 0.1) is 5.69 Å². The van der Waals surface area contributed by atoms with Crippen LogP contribution in [0.3, 0.4) is 0 Å². The fourth-order valence-corrected chi connectivity index (χ4v) is 0.817. The molecule has 0 spiro atoms. The maximum Gasteiger partial charge on any atom is 0.125 e. The van der Waals surface area contributed by atoms with Crippen LogP contribution in [0.5, 0.6) is 0 Å². The molecule has 74 valence electrons. The fourth-order valence-electron chi connectivity index (χ4n) is 0.817. The molecule has 0 aliphatic heterocycles. The van der Waals surface area contributed by atoms with Crippen molar-refractivity contribution < 1.29 is 4.39 Å². The van der Waals surface area contributed by atoms with Crippen LogP contribution < -0.4 is 5.73 Å².